The van der Waals surface area contributed by atoms with Crippen molar-refractivity contribution in [1.29, 1.82) is 0 Å². The van der Waals surface area contributed by atoms with Crippen molar-refractivity contribution < 1.29 is 14.6 Å². The standard InChI is InChI=1S/C15H24O3/c1-2-3-18-15(17)14-7-10-6-13(14)12-5-9(8-16)4-11(10)12/h9-14,16H,2-8H2,1H3. The molecule has 6 unspecified atom stereocenters. The van der Waals surface area contributed by atoms with E-state index >= 15 is 0 Å². The van der Waals surface area contributed by atoms with Crippen LogP contribution in [0.5, 0.6) is 0 Å². The van der Waals surface area contributed by atoms with Crippen molar-refractivity contribution in [2.45, 2.75) is 39.0 Å². The number of aliphatic hydroxyl groups is 1. The smallest absolute Gasteiger partial charge is 0.309 e. The summed E-state index contributed by atoms with van der Waals surface area (Å²) in [6.45, 7) is 2.93. The first-order valence-corrected chi connectivity index (χ1v) is 7.52. The van der Waals surface area contributed by atoms with Gasteiger partial charge in [0, 0.05) is 6.61 Å². The minimum Gasteiger partial charge on any atom is -0.465 e. The largest absolute Gasteiger partial charge is 0.465 e. The predicted octanol–water partition coefficient (Wildman–Crippen LogP) is 2.23. The van der Waals surface area contributed by atoms with Crippen LogP contribution in [0.1, 0.15) is 39.0 Å². The van der Waals surface area contributed by atoms with Crippen LogP contribution in [-0.4, -0.2) is 24.3 Å². The SMILES string of the molecule is CCCOC(=O)C1CC2CC1C1CC(CO)CC21. The molecule has 0 aliphatic heterocycles. The molecule has 0 amide bonds. The topological polar surface area (TPSA) is 46.5 Å². The van der Waals surface area contributed by atoms with Gasteiger partial charge in [-0.2, -0.15) is 0 Å². The molecule has 2 bridgehead atoms. The third-order valence-corrected chi connectivity index (χ3v) is 5.57. The molecule has 3 fully saturated rings. The molecule has 0 saturated heterocycles. The Morgan fingerprint density at radius 1 is 1.17 bits per heavy atom. The summed E-state index contributed by atoms with van der Waals surface area (Å²) in [4.78, 5) is 12.1. The van der Waals surface area contributed by atoms with E-state index in [2.05, 4.69) is 0 Å². The third kappa shape index (κ3) is 1.87. The normalized spacial score (nSPS) is 45.2. The van der Waals surface area contributed by atoms with Gasteiger partial charge in [0.15, 0.2) is 0 Å². The zero-order chi connectivity index (χ0) is 12.7. The van der Waals surface area contributed by atoms with Crippen molar-refractivity contribution in [3.05, 3.63) is 0 Å². The van der Waals surface area contributed by atoms with Gasteiger partial charge < -0.3 is 9.84 Å². The second-order valence-corrected chi connectivity index (χ2v) is 6.52. The third-order valence-electron chi connectivity index (χ3n) is 5.57. The van der Waals surface area contributed by atoms with E-state index in [-0.39, 0.29) is 11.9 Å². The molecule has 0 aromatic heterocycles. The van der Waals surface area contributed by atoms with Crippen molar-refractivity contribution in [3.63, 3.8) is 0 Å². The van der Waals surface area contributed by atoms with Gasteiger partial charge in [-0.3, -0.25) is 4.79 Å². The molecule has 3 aliphatic carbocycles. The number of carbonyl (C=O) groups is 1. The van der Waals surface area contributed by atoms with Crippen molar-refractivity contribution in [1.82, 2.24) is 0 Å². The van der Waals surface area contributed by atoms with Gasteiger partial charge in [0.25, 0.3) is 0 Å². The number of carbonyl (C=O) groups excluding carboxylic acids is 1. The zero-order valence-corrected chi connectivity index (χ0v) is 11.2. The van der Waals surface area contributed by atoms with Crippen LogP contribution in [0, 0.1) is 35.5 Å². The molecule has 0 radical (unpaired) electrons. The molecule has 0 spiro atoms. The highest BCUT2D eigenvalue weighted by atomic mass is 16.5. The lowest BCUT2D eigenvalue weighted by Gasteiger charge is -2.30. The average molecular weight is 252 g/mol. The van der Waals surface area contributed by atoms with Crippen LogP contribution in [0.2, 0.25) is 0 Å². The van der Waals surface area contributed by atoms with Gasteiger partial charge in [0.1, 0.15) is 0 Å². The van der Waals surface area contributed by atoms with Crippen LogP contribution in [0.4, 0.5) is 0 Å². The molecule has 18 heavy (non-hydrogen) atoms. The fourth-order valence-electron chi connectivity index (χ4n) is 4.91. The van der Waals surface area contributed by atoms with Crippen molar-refractivity contribution in [3.8, 4) is 0 Å². The number of hydrogen-bond acceptors (Lipinski definition) is 3. The monoisotopic (exact) mass is 252 g/mol. The highest BCUT2D eigenvalue weighted by Crippen LogP contribution is 2.62. The predicted molar refractivity (Wildman–Crippen MR) is 67.7 cm³/mol. The molecule has 0 heterocycles. The van der Waals surface area contributed by atoms with Crippen LogP contribution in [-0.2, 0) is 9.53 Å². The Hall–Kier alpha value is -0.570. The van der Waals surface area contributed by atoms with Gasteiger partial charge in [-0.25, -0.2) is 0 Å². The lowest BCUT2D eigenvalue weighted by Crippen LogP contribution is -2.31. The van der Waals surface area contributed by atoms with Gasteiger partial charge in [0.2, 0.25) is 0 Å². The van der Waals surface area contributed by atoms with Gasteiger partial charge in [-0.15, -0.1) is 0 Å². The van der Waals surface area contributed by atoms with Gasteiger partial charge >= 0.3 is 5.97 Å². The lowest BCUT2D eigenvalue weighted by atomic mass is 9.76. The Balaban J connectivity index is 1.64. The van der Waals surface area contributed by atoms with Gasteiger partial charge in [0.05, 0.1) is 12.5 Å². The van der Waals surface area contributed by atoms with E-state index in [1.807, 2.05) is 6.92 Å². The summed E-state index contributed by atoms with van der Waals surface area (Å²) in [7, 11) is 0. The number of esters is 1. The molecule has 6 atom stereocenters. The number of aliphatic hydroxyl groups excluding tert-OH is 1. The van der Waals surface area contributed by atoms with Crippen molar-refractivity contribution >= 4 is 5.97 Å². The summed E-state index contributed by atoms with van der Waals surface area (Å²) < 4.78 is 5.34. The van der Waals surface area contributed by atoms with Crippen LogP contribution in [0.15, 0.2) is 0 Å². The first-order valence-electron chi connectivity index (χ1n) is 7.52. The van der Waals surface area contributed by atoms with E-state index in [9.17, 15) is 9.90 Å². The highest BCUT2D eigenvalue weighted by Gasteiger charge is 2.57. The number of hydrogen-bond donors (Lipinski definition) is 1. The summed E-state index contributed by atoms with van der Waals surface area (Å²) in [5.41, 5.74) is 0. The maximum atomic E-state index is 12.1. The molecular formula is C15H24O3. The molecule has 0 aromatic rings. The number of ether oxygens (including phenoxy) is 1. The fraction of sp³-hybridized carbons (Fsp3) is 0.933. The molecule has 102 valence electrons. The number of rotatable bonds is 4. The highest BCUT2D eigenvalue weighted by molar-refractivity contribution is 5.73. The molecule has 3 saturated carbocycles. The molecule has 3 nitrogen and oxygen atoms in total. The van der Waals surface area contributed by atoms with E-state index < -0.39 is 0 Å². The maximum Gasteiger partial charge on any atom is 0.309 e. The fourth-order valence-corrected chi connectivity index (χ4v) is 4.91. The summed E-state index contributed by atoms with van der Waals surface area (Å²) in [6.07, 6.45) is 5.52. The average Bonchev–Trinajstić information content (AvgIpc) is 3.04. The summed E-state index contributed by atoms with van der Waals surface area (Å²) in [5, 5.41) is 9.31. The second-order valence-electron chi connectivity index (χ2n) is 6.52. The minimum absolute atomic E-state index is 0.0512. The van der Waals surface area contributed by atoms with E-state index in [0.29, 0.717) is 31.0 Å². The van der Waals surface area contributed by atoms with Gasteiger partial charge in [-0.1, -0.05) is 6.92 Å². The molecule has 0 aromatic carbocycles. The summed E-state index contributed by atoms with van der Waals surface area (Å²) in [6, 6.07) is 0. The van der Waals surface area contributed by atoms with Gasteiger partial charge in [-0.05, 0) is 61.7 Å². The van der Waals surface area contributed by atoms with Crippen LogP contribution in [0.3, 0.4) is 0 Å². The molecule has 3 aliphatic rings. The molecule has 3 rings (SSSR count). The molecular weight excluding hydrogens is 228 g/mol. The summed E-state index contributed by atoms with van der Waals surface area (Å²) >= 11 is 0. The van der Waals surface area contributed by atoms with E-state index in [1.54, 1.807) is 0 Å². The van der Waals surface area contributed by atoms with Crippen LogP contribution < -0.4 is 0 Å². The Kier molecular flexibility index (Phi) is 3.35. The zero-order valence-electron chi connectivity index (χ0n) is 11.2. The molecule has 3 heteroatoms. The minimum atomic E-state index is 0.0512. The lowest BCUT2D eigenvalue weighted by molar-refractivity contribution is -0.151. The van der Waals surface area contributed by atoms with E-state index in [1.165, 1.54) is 12.8 Å². The first-order chi connectivity index (χ1) is 8.74. The van der Waals surface area contributed by atoms with E-state index in [0.717, 1.165) is 31.1 Å². The van der Waals surface area contributed by atoms with Crippen molar-refractivity contribution in [2.75, 3.05) is 13.2 Å². The quantitative estimate of drug-likeness (QED) is 0.780. The Morgan fingerprint density at radius 2 is 1.94 bits per heavy atom. The first kappa shape index (κ1) is 12.5. The number of fused-ring (bicyclic) bond motifs is 5. The second kappa shape index (κ2) is 4.84. The maximum absolute atomic E-state index is 12.1. The van der Waals surface area contributed by atoms with Crippen molar-refractivity contribution in [2.24, 2.45) is 35.5 Å². The Bertz CT molecular complexity index is 328. The summed E-state index contributed by atoms with van der Waals surface area (Å²) in [5.74, 6) is 3.49. The molecule has 1 N–H and O–H groups in total. The van der Waals surface area contributed by atoms with Crippen LogP contribution in [0.25, 0.3) is 0 Å². The van der Waals surface area contributed by atoms with Crippen LogP contribution >= 0.6 is 0 Å². The van der Waals surface area contributed by atoms with E-state index in [4.69, 9.17) is 4.74 Å². The Morgan fingerprint density at radius 3 is 2.67 bits per heavy atom. The Labute approximate surface area is 109 Å².